The average molecular weight is 422 g/mol. The van der Waals surface area contributed by atoms with Crippen molar-refractivity contribution in [2.45, 2.75) is 39.0 Å². The molecule has 0 bridgehead atoms. The van der Waals surface area contributed by atoms with Crippen molar-refractivity contribution in [1.29, 1.82) is 0 Å². The van der Waals surface area contributed by atoms with Crippen LogP contribution in [0, 0.1) is 0 Å². The van der Waals surface area contributed by atoms with Crippen LogP contribution in [-0.2, 0) is 17.8 Å². The summed E-state index contributed by atoms with van der Waals surface area (Å²) in [7, 11) is 0. The molecule has 2 atom stereocenters. The molecule has 0 fully saturated rings. The molecule has 0 saturated carbocycles. The van der Waals surface area contributed by atoms with Gasteiger partial charge in [0.1, 0.15) is 17.6 Å². The Morgan fingerprint density at radius 1 is 1.23 bits per heavy atom. The minimum Gasteiger partial charge on any atom is -0.494 e. The van der Waals surface area contributed by atoms with Crippen molar-refractivity contribution < 1.29 is 24.0 Å². The third-order valence-electron chi connectivity index (χ3n) is 5.40. The standard InChI is InChI=1S/C25H28N2O4/c1-3-29-22-13-19-12-17(2)31-23(19)14-20(22)15-26-24(28)16-27-25(21-10-7-11-30-21)18-8-5-4-6-9-18/h4-11,13-14,17,25,27H,3,12,15-16H2,1-2H3,(H,26,28)/p+1/t17-,25+/m1/s1. The van der Waals surface area contributed by atoms with Crippen LogP contribution < -0.4 is 20.1 Å². The van der Waals surface area contributed by atoms with E-state index in [2.05, 4.69) is 12.2 Å². The van der Waals surface area contributed by atoms with Crippen molar-refractivity contribution in [2.24, 2.45) is 0 Å². The van der Waals surface area contributed by atoms with Crippen LogP contribution in [-0.4, -0.2) is 25.2 Å². The van der Waals surface area contributed by atoms with E-state index in [1.54, 1.807) is 6.26 Å². The van der Waals surface area contributed by atoms with Crippen molar-refractivity contribution >= 4 is 5.91 Å². The number of hydrogen-bond donors (Lipinski definition) is 2. The minimum atomic E-state index is -0.0733. The fourth-order valence-electron chi connectivity index (χ4n) is 3.95. The number of benzene rings is 2. The highest BCUT2D eigenvalue weighted by atomic mass is 16.5. The molecule has 2 heterocycles. The highest BCUT2D eigenvalue weighted by molar-refractivity contribution is 5.76. The second kappa shape index (κ2) is 9.71. The first-order valence-electron chi connectivity index (χ1n) is 10.8. The summed E-state index contributed by atoms with van der Waals surface area (Å²) >= 11 is 0. The van der Waals surface area contributed by atoms with E-state index in [9.17, 15) is 4.79 Å². The maximum atomic E-state index is 12.6. The third-order valence-corrected chi connectivity index (χ3v) is 5.40. The first kappa shape index (κ1) is 21.0. The molecule has 3 N–H and O–H groups in total. The van der Waals surface area contributed by atoms with E-state index in [1.165, 1.54) is 0 Å². The summed E-state index contributed by atoms with van der Waals surface area (Å²) in [6.07, 6.45) is 2.70. The molecule has 0 spiro atoms. The van der Waals surface area contributed by atoms with Crippen LogP contribution in [0.15, 0.2) is 65.3 Å². The van der Waals surface area contributed by atoms with E-state index in [0.29, 0.717) is 13.2 Å². The molecule has 1 aromatic heterocycles. The van der Waals surface area contributed by atoms with Crippen molar-refractivity contribution in [1.82, 2.24) is 5.32 Å². The Bertz CT molecular complexity index is 1000. The van der Waals surface area contributed by atoms with Crippen molar-refractivity contribution in [3.8, 4) is 11.5 Å². The van der Waals surface area contributed by atoms with E-state index >= 15 is 0 Å². The van der Waals surface area contributed by atoms with Gasteiger partial charge in [0.2, 0.25) is 0 Å². The summed E-state index contributed by atoms with van der Waals surface area (Å²) in [5.41, 5.74) is 3.17. The molecule has 2 aromatic carbocycles. The Hall–Kier alpha value is -3.25. The highest BCUT2D eigenvalue weighted by Crippen LogP contribution is 2.35. The predicted molar refractivity (Wildman–Crippen MR) is 117 cm³/mol. The van der Waals surface area contributed by atoms with Gasteiger partial charge in [-0.15, -0.1) is 0 Å². The Balaban J connectivity index is 1.39. The number of ether oxygens (including phenoxy) is 2. The molecule has 1 aliphatic rings. The monoisotopic (exact) mass is 421 g/mol. The molecular weight excluding hydrogens is 392 g/mol. The quantitative estimate of drug-likeness (QED) is 0.557. The molecule has 6 nitrogen and oxygen atoms in total. The Morgan fingerprint density at radius 2 is 2.06 bits per heavy atom. The van der Waals surface area contributed by atoms with E-state index in [1.807, 2.05) is 66.8 Å². The molecule has 3 aromatic rings. The van der Waals surface area contributed by atoms with Gasteiger partial charge in [0, 0.05) is 29.7 Å². The molecule has 0 unspecified atom stereocenters. The number of carbonyl (C=O) groups excluding carboxylic acids is 1. The first-order chi connectivity index (χ1) is 15.1. The van der Waals surface area contributed by atoms with Crippen LogP contribution in [0.3, 0.4) is 0 Å². The number of furan rings is 1. The second-order valence-electron chi connectivity index (χ2n) is 7.75. The van der Waals surface area contributed by atoms with E-state index < -0.39 is 0 Å². The van der Waals surface area contributed by atoms with Crippen LogP contribution in [0.2, 0.25) is 0 Å². The number of nitrogens with one attached hydrogen (secondary N) is 1. The van der Waals surface area contributed by atoms with Gasteiger partial charge in [-0.2, -0.15) is 0 Å². The highest BCUT2D eigenvalue weighted by Gasteiger charge is 2.23. The molecule has 0 aliphatic carbocycles. The second-order valence-corrected chi connectivity index (χ2v) is 7.75. The average Bonchev–Trinajstić information content (AvgIpc) is 3.42. The van der Waals surface area contributed by atoms with Gasteiger partial charge in [0.25, 0.3) is 5.91 Å². The molecule has 6 heteroatoms. The maximum Gasteiger partial charge on any atom is 0.275 e. The molecule has 4 rings (SSSR count). The normalized spacial score (nSPS) is 15.7. The van der Waals surface area contributed by atoms with Crippen LogP contribution in [0.5, 0.6) is 11.5 Å². The molecule has 31 heavy (non-hydrogen) atoms. The first-order valence-corrected chi connectivity index (χ1v) is 10.8. The van der Waals surface area contributed by atoms with Crippen LogP contribution >= 0.6 is 0 Å². The Kier molecular flexibility index (Phi) is 6.57. The fourth-order valence-corrected chi connectivity index (χ4v) is 3.95. The fraction of sp³-hybridized carbons (Fsp3) is 0.320. The van der Waals surface area contributed by atoms with Gasteiger partial charge < -0.3 is 24.5 Å². The number of amides is 1. The zero-order chi connectivity index (χ0) is 21.6. The SMILES string of the molecule is CCOc1cc2c(cc1CNC(=O)C[NH2+][C@@H](c1ccccc1)c1ccco1)O[C@H](C)C2. The lowest BCUT2D eigenvalue weighted by Crippen LogP contribution is -2.87. The van der Waals surface area contributed by atoms with Gasteiger partial charge >= 0.3 is 0 Å². The van der Waals surface area contributed by atoms with Crippen molar-refractivity contribution in [3.05, 3.63) is 83.3 Å². The molecule has 0 radical (unpaired) electrons. The third kappa shape index (κ3) is 5.09. The van der Waals surface area contributed by atoms with Crippen LogP contribution in [0.4, 0.5) is 0 Å². The van der Waals surface area contributed by atoms with Crippen LogP contribution in [0.25, 0.3) is 0 Å². The Labute approximate surface area is 182 Å². The number of fused-ring (bicyclic) bond motifs is 1. The lowest BCUT2D eigenvalue weighted by Gasteiger charge is -2.15. The zero-order valence-electron chi connectivity index (χ0n) is 18.0. The van der Waals surface area contributed by atoms with Crippen LogP contribution in [0.1, 0.15) is 42.3 Å². The van der Waals surface area contributed by atoms with E-state index in [4.69, 9.17) is 13.9 Å². The molecule has 0 saturated heterocycles. The summed E-state index contributed by atoms with van der Waals surface area (Å²) in [6, 6.07) is 17.8. The lowest BCUT2D eigenvalue weighted by atomic mass is 10.0. The smallest absolute Gasteiger partial charge is 0.275 e. The van der Waals surface area contributed by atoms with Crippen molar-refractivity contribution in [3.63, 3.8) is 0 Å². The summed E-state index contributed by atoms with van der Waals surface area (Å²) < 4.78 is 17.3. The van der Waals surface area contributed by atoms with E-state index in [0.717, 1.165) is 40.4 Å². The topological polar surface area (TPSA) is 77.3 Å². The number of hydrogen-bond acceptors (Lipinski definition) is 4. The summed E-state index contributed by atoms with van der Waals surface area (Å²) in [5.74, 6) is 2.46. The van der Waals surface area contributed by atoms with Gasteiger partial charge in [-0.3, -0.25) is 4.79 Å². The lowest BCUT2D eigenvalue weighted by molar-refractivity contribution is -0.678. The van der Waals surface area contributed by atoms with Gasteiger partial charge in [-0.1, -0.05) is 30.3 Å². The van der Waals surface area contributed by atoms with Gasteiger partial charge in [0.15, 0.2) is 18.3 Å². The molecular formula is C25H29N2O4+. The van der Waals surface area contributed by atoms with E-state index in [-0.39, 0.29) is 24.6 Å². The number of carbonyl (C=O) groups is 1. The van der Waals surface area contributed by atoms with Gasteiger partial charge in [0.05, 0.1) is 12.9 Å². The molecule has 1 amide bonds. The number of nitrogens with two attached hydrogens (primary N) is 1. The summed E-state index contributed by atoms with van der Waals surface area (Å²) in [5, 5.41) is 5.00. The zero-order valence-corrected chi connectivity index (χ0v) is 18.0. The van der Waals surface area contributed by atoms with Gasteiger partial charge in [-0.05, 0) is 38.1 Å². The predicted octanol–water partition coefficient (Wildman–Crippen LogP) is 2.97. The summed E-state index contributed by atoms with van der Waals surface area (Å²) in [6.45, 7) is 5.26. The number of rotatable bonds is 9. The Morgan fingerprint density at radius 3 is 2.81 bits per heavy atom. The minimum absolute atomic E-state index is 0.0512. The largest absolute Gasteiger partial charge is 0.494 e. The summed E-state index contributed by atoms with van der Waals surface area (Å²) in [4.78, 5) is 12.6. The number of quaternary nitrogens is 1. The van der Waals surface area contributed by atoms with Crippen molar-refractivity contribution in [2.75, 3.05) is 13.2 Å². The molecule has 162 valence electrons. The van der Waals surface area contributed by atoms with Gasteiger partial charge in [-0.25, -0.2) is 0 Å². The molecule has 1 aliphatic heterocycles. The maximum absolute atomic E-state index is 12.6.